The monoisotopic (exact) mass is 402 g/mol. The highest BCUT2D eigenvalue weighted by Gasteiger charge is 2.32. The van der Waals surface area contributed by atoms with Gasteiger partial charge >= 0.3 is 0 Å². The highest BCUT2D eigenvalue weighted by atomic mass is 35.5. The molecule has 10 heteroatoms. The average Bonchev–Trinajstić information content (AvgIpc) is 3.16. The molecule has 0 spiro atoms. The minimum absolute atomic E-state index is 0. The van der Waals surface area contributed by atoms with Crippen molar-refractivity contribution in [1.29, 1.82) is 0 Å². The summed E-state index contributed by atoms with van der Waals surface area (Å²) in [5, 5.41) is 10.4. The van der Waals surface area contributed by atoms with Gasteiger partial charge in [-0.25, -0.2) is 14.6 Å². The Hall–Kier alpha value is -1.74. The third-order valence-corrected chi connectivity index (χ3v) is 4.40. The number of ether oxygens (including phenoxy) is 1. The lowest BCUT2D eigenvalue weighted by molar-refractivity contribution is 0.0511. The van der Waals surface area contributed by atoms with Gasteiger partial charge in [0.05, 0.1) is 12.2 Å². The van der Waals surface area contributed by atoms with E-state index in [4.69, 9.17) is 4.74 Å². The molecule has 0 aromatic carbocycles. The van der Waals surface area contributed by atoms with Crippen molar-refractivity contribution in [3.8, 4) is 5.82 Å². The molecule has 0 saturated carbocycles. The molecule has 1 aliphatic heterocycles. The standard InChI is InChI=1S/C16H22N6O2.2ClH/c1-24-10-16(4-6-17-7-5-16)9-20-15(23)13-2-3-14(19-8-13)22-12-18-11-21-22;;/h2-3,8,11-12,17H,4-7,9-10H2,1H3,(H,20,23);2*1H. The van der Waals surface area contributed by atoms with E-state index in [-0.39, 0.29) is 36.1 Å². The number of aromatic nitrogens is 4. The molecule has 1 fully saturated rings. The van der Waals surface area contributed by atoms with Gasteiger partial charge in [0, 0.05) is 25.3 Å². The summed E-state index contributed by atoms with van der Waals surface area (Å²) in [5.41, 5.74) is 0.532. The van der Waals surface area contributed by atoms with Gasteiger partial charge in [-0.2, -0.15) is 5.10 Å². The molecule has 3 heterocycles. The van der Waals surface area contributed by atoms with Crippen LogP contribution in [0.3, 0.4) is 0 Å². The first-order chi connectivity index (χ1) is 11.7. The number of nitrogens with zero attached hydrogens (tertiary/aromatic N) is 4. The Morgan fingerprint density at radius 3 is 2.69 bits per heavy atom. The molecular formula is C16H24Cl2N6O2. The maximum Gasteiger partial charge on any atom is 0.252 e. The number of rotatable bonds is 6. The fourth-order valence-electron chi connectivity index (χ4n) is 2.99. The lowest BCUT2D eigenvalue weighted by Crippen LogP contribution is -2.47. The molecule has 0 bridgehead atoms. The van der Waals surface area contributed by atoms with E-state index in [9.17, 15) is 4.79 Å². The minimum atomic E-state index is -0.123. The van der Waals surface area contributed by atoms with Crippen LogP contribution in [0, 0.1) is 5.41 Å². The molecule has 0 aliphatic carbocycles. The van der Waals surface area contributed by atoms with Crippen LogP contribution in [-0.4, -0.2) is 59.0 Å². The second kappa shape index (κ2) is 10.4. The van der Waals surface area contributed by atoms with E-state index in [1.54, 1.807) is 36.4 Å². The molecule has 1 amide bonds. The first kappa shape index (κ1) is 22.3. The van der Waals surface area contributed by atoms with Crippen molar-refractivity contribution in [2.24, 2.45) is 5.41 Å². The Bertz CT molecular complexity index is 654. The molecule has 0 unspecified atom stereocenters. The Morgan fingerprint density at radius 1 is 1.35 bits per heavy atom. The van der Waals surface area contributed by atoms with Gasteiger partial charge < -0.3 is 15.4 Å². The minimum Gasteiger partial charge on any atom is -0.384 e. The number of hydrogen-bond acceptors (Lipinski definition) is 6. The van der Waals surface area contributed by atoms with Crippen LogP contribution in [0.2, 0.25) is 0 Å². The zero-order valence-electron chi connectivity index (χ0n) is 14.6. The second-order valence-corrected chi connectivity index (χ2v) is 6.11. The predicted octanol–water partition coefficient (Wildman–Crippen LogP) is 1.25. The van der Waals surface area contributed by atoms with Gasteiger partial charge in [-0.05, 0) is 38.1 Å². The maximum absolute atomic E-state index is 12.4. The number of pyridine rings is 1. The van der Waals surface area contributed by atoms with Gasteiger partial charge in [0.1, 0.15) is 12.7 Å². The third-order valence-electron chi connectivity index (χ3n) is 4.40. The van der Waals surface area contributed by atoms with Crippen LogP contribution >= 0.6 is 24.8 Å². The Balaban J connectivity index is 0.00000169. The molecule has 8 nitrogen and oxygen atoms in total. The van der Waals surface area contributed by atoms with E-state index in [1.807, 2.05) is 0 Å². The number of amides is 1. The first-order valence-electron chi connectivity index (χ1n) is 8.01. The number of nitrogens with one attached hydrogen (secondary N) is 2. The van der Waals surface area contributed by atoms with E-state index in [0.717, 1.165) is 25.9 Å². The van der Waals surface area contributed by atoms with Crippen LogP contribution in [0.15, 0.2) is 31.0 Å². The predicted molar refractivity (Wildman–Crippen MR) is 102 cm³/mol. The summed E-state index contributed by atoms with van der Waals surface area (Å²) in [6, 6.07) is 3.49. The van der Waals surface area contributed by atoms with E-state index in [1.165, 1.54) is 6.33 Å². The van der Waals surface area contributed by atoms with Crippen molar-refractivity contribution in [2.45, 2.75) is 12.8 Å². The average molecular weight is 403 g/mol. The van der Waals surface area contributed by atoms with E-state index in [2.05, 4.69) is 25.7 Å². The molecule has 2 aromatic rings. The normalized spacial score (nSPS) is 15.4. The van der Waals surface area contributed by atoms with Crippen LogP contribution in [0.5, 0.6) is 0 Å². The lowest BCUT2D eigenvalue weighted by Gasteiger charge is -2.37. The van der Waals surface area contributed by atoms with E-state index in [0.29, 0.717) is 24.5 Å². The van der Waals surface area contributed by atoms with Crippen molar-refractivity contribution in [2.75, 3.05) is 33.4 Å². The van der Waals surface area contributed by atoms with Crippen LogP contribution < -0.4 is 10.6 Å². The van der Waals surface area contributed by atoms with Crippen LogP contribution in [0.1, 0.15) is 23.2 Å². The summed E-state index contributed by atoms with van der Waals surface area (Å²) in [7, 11) is 1.71. The molecule has 2 aromatic heterocycles. The molecule has 0 atom stereocenters. The van der Waals surface area contributed by atoms with Crippen LogP contribution in [0.25, 0.3) is 5.82 Å². The summed E-state index contributed by atoms with van der Waals surface area (Å²) in [5.74, 6) is 0.500. The molecule has 1 aliphatic rings. The molecule has 0 radical (unpaired) electrons. The van der Waals surface area contributed by atoms with Crippen molar-refractivity contribution in [3.63, 3.8) is 0 Å². The van der Waals surface area contributed by atoms with Crippen molar-refractivity contribution in [1.82, 2.24) is 30.4 Å². The van der Waals surface area contributed by atoms with Gasteiger partial charge in [-0.3, -0.25) is 4.79 Å². The van der Waals surface area contributed by atoms with Gasteiger partial charge in [-0.15, -0.1) is 24.8 Å². The second-order valence-electron chi connectivity index (χ2n) is 6.11. The number of carbonyl (C=O) groups is 1. The summed E-state index contributed by atoms with van der Waals surface area (Å²) >= 11 is 0. The highest BCUT2D eigenvalue weighted by molar-refractivity contribution is 5.93. The summed E-state index contributed by atoms with van der Waals surface area (Å²) in [6.07, 6.45) is 6.54. The highest BCUT2D eigenvalue weighted by Crippen LogP contribution is 2.28. The molecule has 1 saturated heterocycles. The topological polar surface area (TPSA) is 94.0 Å². The Kier molecular flexibility index (Phi) is 8.94. The van der Waals surface area contributed by atoms with Crippen LogP contribution in [0.4, 0.5) is 0 Å². The van der Waals surface area contributed by atoms with Gasteiger partial charge in [0.2, 0.25) is 0 Å². The van der Waals surface area contributed by atoms with Crippen molar-refractivity contribution < 1.29 is 9.53 Å². The van der Waals surface area contributed by atoms with Gasteiger partial charge in [0.15, 0.2) is 5.82 Å². The SMILES string of the molecule is COCC1(CNC(=O)c2ccc(-n3cncn3)nc2)CCNCC1.Cl.Cl. The summed E-state index contributed by atoms with van der Waals surface area (Å²) in [4.78, 5) is 20.5. The number of halogens is 2. The largest absolute Gasteiger partial charge is 0.384 e. The fourth-order valence-corrected chi connectivity index (χ4v) is 2.99. The maximum atomic E-state index is 12.4. The van der Waals surface area contributed by atoms with Crippen molar-refractivity contribution >= 4 is 30.7 Å². The molecule has 144 valence electrons. The molecular weight excluding hydrogens is 379 g/mol. The molecule has 3 rings (SSSR count). The number of methoxy groups -OCH3 is 1. The van der Waals surface area contributed by atoms with Crippen LogP contribution in [-0.2, 0) is 4.74 Å². The molecule has 2 N–H and O–H groups in total. The number of carbonyl (C=O) groups excluding carboxylic acids is 1. The number of piperidine rings is 1. The Morgan fingerprint density at radius 2 is 2.12 bits per heavy atom. The van der Waals surface area contributed by atoms with E-state index < -0.39 is 0 Å². The first-order valence-corrected chi connectivity index (χ1v) is 8.01. The summed E-state index contributed by atoms with van der Waals surface area (Å²) in [6.45, 7) is 3.16. The van der Waals surface area contributed by atoms with Gasteiger partial charge in [-0.1, -0.05) is 0 Å². The molecule has 26 heavy (non-hydrogen) atoms. The zero-order chi connectivity index (χ0) is 16.8. The van der Waals surface area contributed by atoms with Gasteiger partial charge in [0.25, 0.3) is 5.91 Å². The number of hydrogen-bond donors (Lipinski definition) is 2. The third kappa shape index (κ3) is 5.38. The Labute approximate surface area is 164 Å². The summed E-state index contributed by atoms with van der Waals surface area (Å²) < 4.78 is 6.92. The zero-order valence-corrected chi connectivity index (χ0v) is 16.2. The fraction of sp³-hybridized carbons (Fsp3) is 0.500. The van der Waals surface area contributed by atoms with Crippen molar-refractivity contribution in [3.05, 3.63) is 36.5 Å². The lowest BCUT2D eigenvalue weighted by atomic mass is 9.79. The quantitative estimate of drug-likeness (QED) is 0.754. The smallest absolute Gasteiger partial charge is 0.252 e. The van der Waals surface area contributed by atoms with E-state index >= 15 is 0 Å².